The predicted octanol–water partition coefficient (Wildman–Crippen LogP) is 0.705. The van der Waals surface area contributed by atoms with E-state index in [1.165, 1.54) is 0 Å². The minimum Gasteiger partial charge on any atom is -0.385 e. The lowest BCUT2D eigenvalue weighted by atomic mass is 9.78. The summed E-state index contributed by atoms with van der Waals surface area (Å²) in [6, 6.07) is 0. The SMILES string of the molecule is O[C@@]1(C2CCNCC2)C=CN=CC1. The minimum absolute atomic E-state index is 0.400. The molecule has 3 heteroatoms. The van der Waals surface area contributed by atoms with Gasteiger partial charge in [-0.1, -0.05) is 0 Å². The van der Waals surface area contributed by atoms with Crippen LogP contribution in [0.5, 0.6) is 0 Å². The van der Waals surface area contributed by atoms with Crippen LogP contribution >= 0.6 is 0 Å². The van der Waals surface area contributed by atoms with Gasteiger partial charge >= 0.3 is 0 Å². The quantitative estimate of drug-likeness (QED) is 0.624. The highest BCUT2D eigenvalue weighted by molar-refractivity contribution is 5.62. The molecule has 2 aliphatic rings. The summed E-state index contributed by atoms with van der Waals surface area (Å²) >= 11 is 0. The molecular formula is C10H16N2O. The van der Waals surface area contributed by atoms with Gasteiger partial charge in [-0.15, -0.1) is 0 Å². The molecule has 1 atom stereocenters. The van der Waals surface area contributed by atoms with Gasteiger partial charge < -0.3 is 10.4 Å². The van der Waals surface area contributed by atoms with Crippen molar-refractivity contribution >= 4 is 6.21 Å². The lowest BCUT2D eigenvalue weighted by molar-refractivity contribution is 0.0201. The third-order valence-electron chi connectivity index (χ3n) is 3.02. The molecule has 0 saturated carbocycles. The molecule has 2 rings (SSSR count). The molecule has 0 aromatic heterocycles. The lowest BCUT2D eigenvalue weighted by Crippen LogP contribution is -2.43. The Kier molecular flexibility index (Phi) is 2.47. The second kappa shape index (κ2) is 3.60. The summed E-state index contributed by atoms with van der Waals surface area (Å²) in [4.78, 5) is 3.99. The Labute approximate surface area is 78.6 Å². The van der Waals surface area contributed by atoms with Crippen LogP contribution in [0.25, 0.3) is 0 Å². The number of hydrogen-bond donors (Lipinski definition) is 2. The summed E-state index contributed by atoms with van der Waals surface area (Å²) in [7, 11) is 0. The monoisotopic (exact) mass is 180 g/mol. The van der Waals surface area contributed by atoms with Gasteiger partial charge in [0.25, 0.3) is 0 Å². The van der Waals surface area contributed by atoms with Crippen LogP contribution in [0.4, 0.5) is 0 Å². The van der Waals surface area contributed by atoms with E-state index in [1.54, 1.807) is 6.20 Å². The number of hydrogen-bond acceptors (Lipinski definition) is 3. The highest BCUT2D eigenvalue weighted by Crippen LogP contribution is 2.31. The molecule has 3 nitrogen and oxygen atoms in total. The number of aliphatic imine (C=N–C) groups is 1. The van der Waals surface area contributed by atoms with Crippen LogP contribution < -0.4 is 5.32 Å². The fourth-order valence-electron chi connectivity index (χ4n) is 2.12. The molecular weight excluding hydrogens is 164 g/mol. The van der Waals surface area contributed by atoms with E-state index in [0.29, 0.717) is 12.3 Å². The van der Waals surface area contributed by atoms with Crippen molar-refractivity contribution in [3.05, 3.63) is 12.3 Å². The van der Waals surface area contributed by atoms with Crippen LogP contribution in [0.1, 0.15) is 19.3 Å². The van der Waals surface area contributed by atoms with Gasteiger partial charge in [-0.25, -0.2) is 0 Å². The van der Waals surface area contributed by atoms with E-state index in [2.05, 4.69) is 10.3 Å². The van der Waals surface area contributed by atoms with E-state index in [0.717, 1.165) is 25.9 Å². The number of aliphatic hydroxyl groups is 1. The van der Waals surface area contributed by atoms with Crippen LogP contribution in [0.2, 0.25) is 0 Å². The first-order chi connectivity index (χ1) is 6.31. The van der Waals surface area contributed by atoms with Gasteiger partial charge in [-0.05, 0) is 37.9 Å². The molecule has 0 amide bonds. The molecule has 0 aromatic carbocycles. The maximum Gasteiger partial charge on any atom is 0.0923 e. The second-order valence-corrected chi connectivity index (χ2v) is 3.87. The zero-order valence-electron chi connectivity index (χ0n) is 7.74. The predicted molar refractivity (Wildman–Crippen MR) is 52.8 cm³/mol. The number of nitrogens with zero attached hydrogens (tertiary/aromatic N) is 1. The molecule has 0 spiro atoms. The molecule has 2 heterocycles. The molecule has 72 valence electrons. The van der Waals surface area contributed by atoms with Crippen molar-refractivity contribution < 1.29 is 5.11 Å². The normalized spacial score (nSPS) is 35.2. The topological polar surface area (TPSA) is 44.6 Å². The largest absolute Gasteiger partial charge is 0.385 e. The summed E-state index contributed by atoms with van der Waals surface area (Å²) in [5.74, 6) is 0.400. The van der Waals surface area contributed by atoms with Crippen molar-refractivity contribution in [1.29, 1.82) is 0 Å². The molecule has 0 unspecified atom stereocenters. The molecule has 1 saturated heterocycles. The average Bonchev–Trinajstić information content (AvgIpc) is 2.20. The third-order valence-corrected chi connectivity index (χ3v) is 3.02. The standard InChI is InChI=1S/C10H16N2O/c13-10(3-7-12-8-4-10)9-1-5-11-6-2-9/h3,7-9,11,13H,1-2,4-6H2/t10-/m0/s1. The van der Waals surface area contributed by atoms with Crippen LogP contribution in [-0.4, -0.2) is 30.0 Å². The molecule has 0 aliphatic carbocycles. The summed E-state index contributed by atoms with van der Waals surface area (Å²) in [5, 5.41) is 13.6. The van der Waals surface area contributed by atoms with Crippen LogP contribution in [0.3, 0.4) is 0 Å². The first-order valence-electron chi connectivity index (χ1n) is 4.94. The van der Waals surface area contributed by atoms with E-state index >= 15 is 0 Å². The van der Waals surface area contributed by atoms with Gasteiger partial charge in [0.15, 0.2) is 0 Å². The van der Waals surface area contributed by atoms with Crippen molar-refractivity contribution in [3.8, 4) is 0 Å². The Balaban J connectivity index is 2.04. The fraction of sp³-hybridized carbons (Fsp3) is 0.700. The fourth-order valence-corrected chi connectivity index (χ4v) is 2.12. The molecule has 13 heavy (non-hydrogen) atoms. The van der Waals surface area contributed by atoms with Gasteiger partial charge in [0.2, 0.25) is 0 Å². The molecule has 0 bridgehead atoms. The Morgan fingerprint density at radius 1 is 1.38 bits per heavy atom. The lowest BCUT2D eigenvalue weighted by Gasteiger charge is -2.36. The molecule has 2 N–H and O–H groups in total. The summed E-state index contributed by atoms with van der Waals surface area (Å²) in [5.41, 5.74) is -0.621. The maximum atomic E-state index is 10.3. The highest BCUT2D eigenvalue weighted by Gasteiger charge is 2.34. The smallest absolute Gasteiger partial charge is 0.0923 e. The van der Waals surface area contributed by atoms with Crippen molar-refractivity contribution in [2.75, 3.05) is 13.1 Å². The van der Waals surface area contributed by atoms with Crippen molar-refractivity contribution in [1.82, 2.24) is 5.32 Å². The Morgan fingerprint density at radius 3 is 2.77 bits per heavy atom. The molecule has 0 radical (unpaired) electrons. The second-order valence-electron chi connectivity index (χ2n) is 3.87. The Hall–Kier alpha value is -0.670. The van der Waals surface area contributed by atoms with Gasteiger partial charge in [0.1, 0.15) is 0 Å². The summed E-state index contributed by atoms with van der Waals surface area (Å²) < 4.78 is 0. The zero-order valence-corrected chi connectivity index (χ0v) is 7.74. The first-order valence-corrected chi connectivity index (χ1v) is 4.94. The Bertz CT molecular complexity index is 231. The highest BCUT2D eigenvalue weighted by atomic mass is 16.3. The van der Waals surface area contributed by atoms with Gasteiger partial charge in [0.05, 0.1) is 5.60 Å². The number of rotatable bonds is 1. The van der Waals surface area contributed by atoms with Crippen molar-refractivity contribution in [2.45, 2.75) is 24.9 Å². The van der Waals surface area contributed by atoms with E-state index in [-0.39, 0.29) is 0 Å². The third kappa shape index (κ3) is 1.81. The van der Waals surface area contributed by atoms with E-state index in [1.807, 2.05) is 12.3 Å². The molecule has 1 fully saturated rings. The van der Waals surface area contributed by atoms with Crippen molar-refractivity contribution in [3.63, 3.8) is 0 Å². The van der Waals surface area contributed by atoms with E-state index in [9.17, 15) is 5.11 Å². The maximum absolute atomic E-state index is 10.3. The van der Waals surface area contributed by atoms with E-state index < -0.39 is 5.60 Å². The first kappa shape index (κ1) is 8.91. The van der Waals surface area contributed by atoms with Gasteiger partial charge in [-0.2, -0.15) is 0 Å². The minimum atomic E-state index is -0.621. The van der Waals surface area contributed by atoms with Crippen LogP contribution in [0.15, 0.2) is 17.3 Å². The molecule has 0 aromatic rings. The number of piperidine rings is 1. The van der Waals surface area contributed by atoms with Gasteiger partial charge in [0, 0.05) is 18.8 Å². The van der Waals surface area contributed by atoms with Gasteiger partial charge in [-0.3, -0.25) is 4.99 Å². The summed E-state index contributed by atoms with van der Waals surface area (Å²) in [6.45, 7) is 2.05. The number of nitrogens with one attached hydrogen (secondary N) is 1. The summed E-state index contributed by atoms with van der Waals surface area (Å²) in [6.07, 6.45) is 8.17. The molecule has 2 aliphatic heterocycles. The van der Waals surface area contributed by atoms with Crippen LogP contribution in [-0.2, 0) is 0 Å². The van der Waals surface area contributed by atoms with Crippen molar-refractivity contribution in [2.24, 2.45) is 10.9 Å². The van der Waals surface area contributed by atoms with Crippen LogP contribution in [0, 0.1) is 5.92 Å². The van der Waals surface area contributed by atoms with E-state index in [4.69, 9.17) is 0 Å². The Morgan fingerprint density at radius 2 is 2.15 bits per heavy atom. The zero-order chi connectivity index (χ0) is 9.15. The average molecular weight is 180 g/mol.